The van der Waals surface area contributed by atoms with Crippen molar-refractivity contribution in [3.8, 4) is 0 Å². The van der Waals surface area contributed by atoms with Gasteiger partial charge in [-0.25, -0.2) is 0 Å². The Kier molecular flexibility index (Phi) is 4.76. The second-order valence-corrected chi connectivity index (χ2v) is 5.72. The zero-order chi connectivity index (χ0) is 16.3. The Morgan fingerprint density at radius 3 is 2.41 bits per heavy atom. The third kappa shape index (κ3) is 3.82. The summed E-state index contributed by atoms with van der Waals surface area (Å²) >= 11 is 0. The molecule has 1 N–H and O–H groups in total. The molecule has 0 aliphatic rings. The first-order chi connectivity index (χ1) is 10.4. The van der Waals surface area contributed by atoms with Gasteiger partial charge in [-0.3, -0.25) is 9.78 Å². The SMILES string of the molecule is Cc1ccc(/C=C/C(=O)Nc2c(C)cc(C)nc2C)c(C)c1. The van der Waals surface area contributed by atoms with Gasteiger partial charge in [0.2, 0.25) is 5.91 Å². The van der Waals surface area contributed by atoms with Crippen LogP contribution in [0.2, 0.25) is 0 Å². The Balaban J connectivity index is 2.15. The molecule has 0 fully saturated rings. The van der Waals surface area contributed by atoms with Crippen LogP contribution in [0.25, 0.3) is 6.08 Å². The molecule has 0 aliphatic heterocycles. The molecule has 1 aromatic heterocycles. The number of benzene rings is 1. The molecule has 2 aromatic rings. The maximum Gasteiger partial charge on any atom is 0.248 e. The van der Waals surface area contributed by atoms with E-state index in [2.05, 4.69) is 23.3 Å². The van der Waals surface area contributed by atoms with E-state index in [4.69, 9.17) is 0 Å². The molecule has 1 amide bonds. The van der Waals surface area contributed by atoms with E-state index in [1.807, 2.05) is 52.0 Å². The molecule has 1 heterocycles. The summed E-state index contributed by atoms with van der Waals surface area (Å²) in [5.74, 6) is -0.142. The summed E-state index contributed by atoms with van der Waals surface area (Å²) in [6, 6.07) is 8.15. The van der Waals surface area contributed by atoms with Crippen molar-refractivity contribution in [1.82, 2.24) is 4.98 Å². The number of rotatable bonds is 3. The predicted octanol–water partition coefficient (Wildman–Crippen LogP) is 4.28. The third-order valence-corrected chi connectivity index (χ3v) is 3.61. The lowest BCUT2D eigenvalue weighted by molar-refractivity contribution is -0.111. The first-order valence-electron chi connectivity index (χ1n) is 7.38. The highest BCUT2D eigenvalue weighted by Crippen LogP contribution is 2.19. The van der Waals surface area contributed by atoms with E-state index in [-0.39, 0.29) is 5.91 Å². The summed E-state index contributed by atoms with van der Waals surface area (Å²) in [7, 11) is 0. The van der Waals surface area contributed by atoms with Crippen molar-refractivity contribution < 1.29 is 4.79 Å². The summed E-state index contributed by atoms with van der Waals surface area (Å²) in [5, 5.41) is 2.92. The monoisotopic (exact) mass is 294 g/mol. The number of pyridine rings is 1. The zero-order valence-electron chi connectivity index (χ0n) is 13.8. The first-order valence-corrected chi connectivity index (χ1v) is 7.38. The maximum absolute atomic E-state index is 12.1. The molecular weight excluding hydrogens is 272 g/mol. The third-order valence-electron chi connectivity index (χ3n) is 3.61. The van der Waals surface area contributed by atoms with Crippen molar-refractivity contribution in [3.05, 3.63) is 64.0 Å². The van der Waals surface area contributed by atoms with Gasteiger partial charge in [-0.15, -0.1) is 0 Å². The van der Waals surface area contributed by atoms with Gasteiger partial charge in [0.05, 0.1) is 11.4 Å². The Morgan fingerprint density at radius 2 is 1.77 bits per heavy atom. The quantitative estimate of drug-likeness (QED) is 0.859. The highest BCUT2D eigenvalue weighted by atomic mass is 16.1. The van der Waals surface area contributed by atoms with Crippen LogP contribution in [0, 0.1) is 34.6 Å². The van der Waals surface area contributed by atoms with E-state index >= 15 is 0 Å². The maximum atomic E-state index is 12.1. The van der Waals surface area contributed by atoms with E-state index in [0.29, 0.717) is 0 Å². The largest absolute Gasteiger partial charge is 0.321 e. The van der Waals surface area contributed by atoms with Gasteiger partial charge in [-0.1, -0.05) is 23.8 Å². The fourth-order valence-electron chi connectivity index (χ4n) is 2.56. The van der Waals surface area contributed by atoms with E-state index in [9.17, 15) is 4.79 Å². The highest BCUT2D eigenvalue weighted by molar-refractivity contribution is 6.02. The summed E-state index contributed by atoms with van der Waals surface area (Å²) in [6.07, 6.45) is 3.41. The van der Waals surface area contributed by atoms with E-state index in [1.165, 1.54) is 5.56 Å². The Labute approximate surface area is 132 Å². The van der Waals surface area contributed by atoms with Crippen LogP contribution in [0.1, 0.15) is 33.6 Å². The predicted molar refractivity (Wildman–Crippen MR) is 92.0 cm³/mol. The molecule has 0 atom stereocenters. The number of nitrogens with one attached hydrogen (secondary N) is 1. The lowest BCUT2D eigenvalue weighted by atomic mass is 10.1. The molecule has 22 heavy (non-hydrogen) atoms. The van der Waals surface area contributed by atoms with Gasteiger partial charge in [-0.2, -0.15) is 0 Å². The van der Waals surface area contributed by atoms with Crippen LogP contribution in [-0.2, 0) is 4.79 Å². The molecule has 0 aliphatic carbocycles. The second kappa shape index (κ2) is 6.56. The van der Waals surface area contributed by atoms with Crippen molar-refractivity contribution in [2.45, 2.75) is 34.6 Å². The smallest absolute Gasteiger partial charge is 0.248 e. The lowest BCUT2D eigenvalue weighted by Crippen LogP contribution is -2.11. The van der Waals surface area contributed by atoms with Crippen LogP contribution in [-0.4, -0.2) is 10.9 Å². The number of carbonyl (C=O) groups is 1. The zero-order valence-corrected chi connectivity index (χ0v) is 13.8. The van der Waals surface area contributed by atoms with Crippen molar-refractivity contribution in [2.24, 2.45) is 0 Å². The van der Waals surface area contributed by atoms with Crippen molar-refractivity contribution in [1.29, 1.82) is 0 Å². The number of carbonyl (C=O) groups excluding carboxylic acids is 1. The van der Waals surface area contributed by atoms with Crippen LogP contribution in [0.5, 0.6) is 0 Å². The normalized spacial score (nSPS) is 11.0. The molecule has 1 aromatic carbocycles. The number of anilines is 1. The topological polar surface area (TPSA) is 42.0 Å². The minimum atomic E-state index is -0.142. The van der Waals surface area contributed by atoms with Crippen molar-refractivity contribution in [2.75, 3.05) is 5.32 Å². The number of hydrogen-bond donors (Lipinski definition) is 1. The van der Waals surface area contributed by atoms with E-state index in [1.54, 1.807) is 6.08 Å². The van der Waals surface area contributed by atoms with E-state index < -0.39 is 0 Å². The molecule has 0 spiro atoms. The minimum absolute atomic E-state index is 0.142. The molecule has 3 heteroatoms. The van der Waals surface area contributed by atoms with Gasteiger partial charge in [0.25, 0.3) is 0 Å². The number of aromatic nitrogens is 1. The fraction of sp³-hybridized carbons (Fsp3) is 0.263. The highest BCUT2D eigenvalue weighted by Gasteiger charge is 2.07. The van der Waals surface area contributed by atoms with Gasteiger partial charge in [0.1, 0.15) is 0 Å². The summed E-state index contributed by atoms with van der Waals surface area (Å²) < 4.78 is 0. The Morgan fingerprint density at radius 1 is 1.05 bits per heavy atom. The molecule has 3 nitrogen and oxygen atoms in total. The molecule has 114 valence electrons. The van der Waals surface area contributed by atoms with E-state index in [0.717, 1.165) is 33.8 Å². The lowest BCUT2D eigenvalue weighted by Gasteiger charge is -2.10. The average molecular weight is 294 g/mol. The van der Waals surface area contributed by atoms with Crippen LogP contribution in [0.15, 0.2) is 30.3 Å². The molecule has 0 bridgehead atoms. The summed E-state index contributed by atoms with van der Waals surface area (Å²) in [4.78, 5) is 16.5. The summed E-state index contributed by atoms with van der Waals surface area (Å²) in [6.45, 7) is 9.94. The molecule has 0 saturated heterocycles. The van der Waals surface area contributed by atoms with Crippen molar-refractivity contribution >= 4 is 17.7 Å². The number of hydrogen-bond acceptors (Lipinski definition) is 2. The van der Waals surface area contributed by atoms with Crippen LogP contribution in [0.4, 0.5) is 5.69 Å². The average Bonchev–Trinajstić information content (AvgIpc) is 2.42. The van der Waals surface area contributed by atoms with Crippen LogP contribution >= 0.6 is 0 Å². The fourth-order valence-corrected chi connectivity index (χ4v) is 2.56. The molecule has 2 rings (SSSR count). The number of aryl methyl sites for hydroxylation is 5. The molecule has 0 saturated carbocycles. The second-order valence-electron chi connectivity index (χ2n) is 5.72. The van der Waals surface area contributed by atoms with Gasteiger partial charge in [0, 0.05) is 11.8 Å². The standard InChI is InChI=1S/C19H22N2O/c1-12-6-7-17(13(2)10-12)8-9-18(22)21-19-14(3)11-15(4)20-16(19)5/h6-11H,1-5H3,(H,21,22)/b9-8+. The number of amides is 1. The molecule has 0 radical (unpaired) electrons. The first kappa shape index (κ1) is 16.0. The molecule has 0 unspecified atom stereocenters. The van der Waals surface area contributed by atoms with Gasteiger partial charge in [-0.05, 0) is 63.5 Å². The number of nitrogens with zero attached hydrogens (tertiary/aromatic N) is 1. The van der Waals surface area contributed by atoms with Crippen LogP contribution < -0.4 is 5.32 Å². The minimum Gasteiger partial charge on any atom is -0.321 e. The van der Waals surface area contributed by atoms with Gasteiger partial charge in [0.15, 0.2) is 0 Å². The van der Waals surface area contributed by atoms with Gasteiger partial charge >= 0.3 is 0 Å². The molecular formula is C19H22N2O. The van der Waals surface area contributed by atoms with Crippen LogP contribution in [0.3, 0.4) is 0 Å². The summed E-state index contributed by atoms with van der Waals surface area (Å²) in [5.41, 5.74) is 7.05. The van der Waals surface area contributed by atoms with Crippen molar-refractivity contribution in [3.63, 3.8) is 0 Å². The Hall–Kier alpha value is -2.42. The Bertz CT molecular complexity index is 722. The van der Waals surface area contributed by atoms with Gasteiger partial charge < -0.3 is 5.32 Å².